The van der Waals surface area contributed by atoms with Crippen molar-refractivity contribution in [3.05, 3.63) is 82.1 Å². The molecule has 0 aromatic heterocycles. The minimum Gasteiger partial charge on any atom is -0.299 e. The molecule has 0 N–H and O–H groups in total. The highest BCUT2D eigenvalue weighted by Gasteiger charge is 2.37. The number of carbonyl (C=O) groups excluding carboxylic acids is 2. The van der Waals surface area contributed by atoms with Gasteiger partial charge in [-0.05, 0) is 43.7 Å². The summed E-state index contributed by atoms with van der Waals surface area (Å²) in [5, 5.41) is 10.3. The molecule has 0 amide bonds. The highest BCUT2D eigenvalue weighted by atomic mass is 32.2. The summed E-state index contributed by atoms with van der Waals surface area (Å²) >= 11 is 1.17. The van der Waals surface area contributed by atoms with Crippen molar-refractivity contribution in [2.45, 2.75) is 19.8 Å². The molecule has 0 aliphatic carbocycles. The Bertz CT molecular complexity index is 1040. The van der Waals surface area contributed by atoms with Crippen LogP contribution in [0.1, 0.15) is 35.7 Å². The Balaban J connectivity index is 1.93. The van der Waals surface area contributed by atoms with Gasteiger partial charge >= 0.3 is 0 Å². The second-order valence-electron chi connectivity index (χ2n) is 6.78. The quantitative estimate of drug-likeness (QED) is 0.637. The van der Waals surface area contributed by atoms with E-state index in [4.69, 9.17) is 0 Å². The Labute approximate surface area is 173 Å². The highest BCUT2D eigenvalue weighted by molar-refractivity contribution is 8.03. The third kappa shape index (κ3) is 4.52. The van der Waals surface area contributed by atoms with E-state index < -0.39 is 17.7 Å². The van der Waals surface area contributed by atoms with Crippen molar-refractivity contribution in [1.29, 1.82) is 5.26 Å². The van der Waals surface area contributed by atoms with Crippen LogP contribution in [-0.2, 0) is 4.79 Å². The van der Waals surface area contributed by atoms with E-state index in [0.29, 0.717) is 21.9 Å². The Kier molecular flexibility index (Phi) is 6.40. The smallest absolute Gasteiger partial charge is 0.173 e. The summed E-state index contributed by atoms with van der Waals surface area (Å²) in [6.45, 7) is 3.28. The molecule has 0 spiro atoms. The molecule has 1 aliphatic heterocycles. The molecule has 4 nitrogen and oxygen atoms in total. The Morgan fingerprint density at radius 3 is 2.38 bits per heavy atom. The van der Waals surface area contributed by atoms with Crippen LogP contribution in [0.4, 0.5) is 4.39 Å². The first-order valence-electron chi connectivity index (χ1n) is 9.08. The number of aliphatic imine (C=N–C) groups is 1. The number of benzene rings is 2. The molecule has 6 heteroatoms. The number of carbonyl (C=O) groups is 2. The van der Waals surface area contributed by atoms with Crippen molar-refractivity contribution in [1.82, 2.24) is 0 Å². The number of hydrogen-bond acceptors (Lipinski definition) is 5. The summed E-state index contributed by atoms with van der Waals surface area (Å²) in [5.41, 5.74) is 2.28. The van der Waals surface area contributed by atoms with E-state index in [0.717, 1.165) is 5.56 Å². The molecule has 2 aromatic rings. The van der Waals surface area contributed by atoms with Gasteiger partial charge in [0.05, 0.1) is 23.3 Å². The molecular formula is C23H19FN2O2S. The van der Waals surface area contributed by atoms with Gasteiger partial charge in [0.25, 0.3) is 0 Å². The molecule has 146 valence electrons. The lowest BCUT2D eigenvalue weighted by molar-refractivity contribution is -0.119. The third-order valence-electron chi connectivity index (χ3n) is 4.83. The van der Waals surface area contributed by atoms with Crippen LogP contribution in [0.5, 0.6) is 0 Å². The van der Waals surface area contributed by atoms with Crippen LogP contribution >= 0.6 is 11.8 Å². The number of ketones is 2. The number of rotatable bonds is 6. The number of nitrogens with zero attached hydrogens (tertiary/aromatic N) is 2. The van der Waals surface area contributed by atoms with Gasteiger partial charge in [-0.3, -0.25) is 9.59 Å². The summed E-state index contributed by atoms with van der Waals surface area (Å²) in [5.74, 6) is -1.52. The minimum atomic E-state index is -0.510. The van der Waals surface area contributed by atoms with E-state index in [1.54, 1.807) is 6.92 Å². The maximum absolute atomic E-state index is 13.1. The number of halogens is 1. The summed E-state index contributed by atoms with van der Waals surface area (Å²) in [4.78, 5) is 29.3. The summed E-state index contributed by atoms with van der Waals surface area (Å²) < 4.78 is 13.1. The van der Waals surface area contributed by atoms with E-state index in [1.807, 2.05) is 30.3 Å². The van der Waals surface area contributed by atoms with Crippen LogP contribution in [0.3, 0.4) is 0 Å². The molecule has 0 fully saturated rings. The van der Waals surface area contributed by atoms with E-state index in [-0.39, 0.29) is 17.3 Å². The first kappa shape index (κ1) is 20.7. The van der Waals surface area contributed by atoms with Gasteiger partial charge in [-0.25, -0.2) is 9.38 Å². The second kappa shape index (κ2) is 8.97. The first-order chi connectivity index (χ1) is 13.9. The average molecular weight is 406 g/mol. The van der Waals surface area contributed by atoms with Crippen molar-refractivity contribution in [3.8, 4) is 6.07 Å². The largest absolute Gasteiger partial charge is 0.299 e. The maximum Gasteiger partial charge on any atom is 0.173 e. The Morgan fingerprint density at radius 1 is 1.14 bits per heavy atom. The predicted octanol–water partition coefficient (Wildman–Crippen LogP) is 4.94. The zero-order chi connectivity index (χ0) is 21.0. The molecule has 2 aromatic carbocycles. The molecular weight excluding hydrogens is 387 g/mol. The van der Waals surface area contributed by atoms with E-state index in [2.05, 4.69) is 11.1 Å². The van der Waals surface area contributed by atoms with Crippen LogP contribution < -0.4 is 0 Å². The molecule has 0 saturated heterocycles. The van der Waals surface area contributed by atoms with Gasteiger partial charge in [0.15, 0.2) is 5.78 Å². The van der Waals surface area contributed by atoms with E-state index >= 15 is 0 Å². The molecule has 1 aliphatic rings. The fourth-order valence-electron chi connectivity index (χ4n) is 3.46. The normalized spacial score (nSPS) is 18.8. The Morgan fingerprint density at radius 2 is 1.79 bits per heavy atom. The number of allylic oxidation sites excluding steroid dienone is 1. The maximum atomic E-state index is 13.1. The molecule has 0 saturated carbocycles. The monoisotopic (exact) mass is 406 g/mol. The van der Waals surface area contributed by atoms with Crippen LogP contribution in [0.15, 0.2) is 70.2 Å². The molecule has 1 unspecified atom stereocenters. The molecule has 0 bridgehead atoms. The fourth-order valence-corrected chi connectivity index (χ4v) is 4.43. The molecule has 29 heavy (non-hydrogen) atoms. The van der Waals surface area contributed by atoms with Crippen LogP contribution in [0.25, 0.3) is 0 Å². The van der Waals surface area contributed by atoms with Crippen LogP contribution in [-0.4, -0.2) is 23.0 Å². The van der Waals surface area contributed by atoms with Gasteiger partial charge in [-0.15, -0.1) is 0 Å². The van der Waals surface area contributed by atoms with Gasteiger partial charge in [-0.1, -0.05) is 42.1 Å². The van der Waals surface area contributed by atoms with E-state index in [1.165, 1.54) is 43.0 Å². The van der Waals surface area contributed by atoms with Gasteiger partial charge < -0.3 is 0 Å². The number of Topliss-reactive ketones (excluding diaryl/α,β-unsaturated/α-hetero) is 2. The van der Waals surface area contributed by atoms with Gasteiger partial charge in [0.2, 0.25) is 0 Å². The predicted molar refractivity (Wildman–Crippen MR) is 112 cm³/mol. The minimum absolute atomic E-state index is 0.0562. The number of thioether (sulfide) groups is 1. The fraction of sp³-hybridized carbons (Fsp3) is 0.217. The molecule has 2 atom stereocenters. The van der Waals surface area contributed by atoms with Crippen molar-refractivity contribution < 1.29 is 14.0 Å². The average Bonchev–Trinajstić information content (AvgIpc) is 2.72. The first-order valence-corrected chi connectivity index (χ1v) is 10.1. The second-order valence-corrected chi connectivity index (χ2v) is 7.74. The van der Waals surface area contributed by atoms with Gasteiger partial charge in [0, 0.05) is 17.2 Å². The molecule has 1 heterocycles. The topological polar surface area (TPSA) is 70.3 Å². The standard InChI is InChI=1S/C23H19FN2O2S/c1-14-21(15(2)27)22(17-6-4-3-5-7-17)19(12-25)23(26-14)29-13-20(28)16-8-10-18(24)11-9-16/h3-11,21-22H,13H2,1-2H3/t21?,22-/m0/s1. The lowest BCUT2D eigenvalue weighted by atomic mass is 9.75. The molecule has 3 rings (SSSR count). The Hall–Kier alpha value is -3.04. The van der Waals surface area contributed by atoms with Crippen molar-refractivity contribution in [2.75, 3.05) is 5.75 Å². The highest BCUT2D eigenvalue weighted by Crippen LogP contribution is 2.42. The zero-order valence-corrected chi connectivity index (χ0v) is 16.9. The van der Waals surface area contributed by atoms with Gasteiger partial charge in [0.1, 0.15) is 16.6 Å². The third-order valence-corrected chi connectivity index (χ3v) is 5.82. The SMILES string of the molecule is CC(=O)C1C(C)=NC(SCC(=O)c2ccc(F)cc2)=C(C#N)[C@@H]1c1ccccc1. The van der Waals surface area contributed by atoms with Crippen LogP contribution in [0, 0.1) is 23.1 Å². The summed E-state index contributed by atoms with van der Waals surface area (Å²) in [7, 11) is 0. The lowest BCUT2D eigenvalue weighted by Gasteiger charge is -2.30. The van der Waals surface area contributed by atoms with Gasteiger partial charge in [-0.2, -0.15) is 5.26 Å². The van der Waals surface area contributed by atoms with Crippen LogP contribution in [0.2, 0.25) is 0 Å². The summed E-state index contributed by atoms with van der Waals surface area (Å²) in [6, 6.07) is 17.0. The number of nitriles is 1. The molecule has 0 radical (unpaired) electrons. The van der Waals surface area contributed by atoms with Crippen molar-refractivity contribution in [2.24, 2.45) is 10.9 Å². The number of hydrogen-bond donors (Lipinski definition) is 0. The van der Waals surface area contributed by atoms with Crippen molar-refractivity contribution >= 4 is 29.0 Å². The van der Waals surface area contributed by atoms with Crippen molar-refractivity contribution in [3.63, 3.8) is 0 Å². The zero-order valence-electron chi connectivity index (χ0n) is 16.1. The summed E-state index contributed by atoms with van der Waals surface area (Å²) in [6.07, 6.45) is 0. The lowest BCUT2D eigenvalue weighted by Crippen LogP contribution is -2.31. The van der Waals surface area contributed by atoms with E-state index in [9.17, 15) is 19.2 Å².